The van der Waals surface area contributed by atoms with E-state index in [4.69, 9.17) is 4.42 Å². The van der Waals surface area contributed by atoms with Crippen molar-refractivity contribution < 1.29 is 18.3 Å². The molecule has 6 heteroatoms. The van der Waals surface area contributed by atoms with Gasteiger partial charge in [-0.1, -0.05) is 42.1 Å². The molecule has 0 spiro atoms. The van der Waals surface area contributed by atoms with Crippen LogP contribution in [-0.4, -0.2) is 23.5 Å². The van der Waals surface area contributed by atoms with E-state index in [1.165, 1.54) is 0 Å². The highest BCUT2D eigenvalue weighted by molar-refractivity contribution is 7.98. The van der Waals surface area contributed by atoms with Crippen molar-refractivity contribution >= 4 is 11.8 Å². The van der Waals surface area contributed by atoms with Gasteiger partial charge in [-0.15, -0.1) is 0 Å². The molecule has 1 atom stereocenters. The van der Waals surface area contributed by atoms with Gasteiger partial charge in [-0.2, -0.15) is 8.78 Å². The molecule has 22 heavy (non-hydrogen) atoms. The molecular formula is C16H19F2NO2S. The molecule has 2 aromatic rings. The minimum absolute atomic E-state index is 0.161. The van der Waals surface area contributed by atoms with Gasteiger partial charge in [0.1, 0.15) is 11.5 Å². The molecule has 0 radical (unpaired) electrons. The highest BCUT2D eigenvalue weighted by atomic mass is 32.2. The van der Waals surface area contributed by atoms with E-state index in [9.17, 15) is 13.9 Å². The van der Waals surface area contributed by atoms with Crippen molar-refractivity contribution in [2.45, 2.75) is 30.6 Å². The average Bonchev–Trinajstić information content (AvgIpc) is 2.94. The summed E-state index contributed by atoms with van der Waals surface area (Å²) in [5.74, 6) is -1.02. The van der Waals surface area contributed by atoms with Crippen LogP contribution < -0.4 is 5.32 Å². The van der Waals surface area contributed by atoms with Gasteiger partial charge < -0.3 is 14.8 Å². The second kappa shape index (κ2) is 8.92. The lowest BCUT2D eigenvalue weighted by Gasteiger charge is -2.11. The van der Waals surface area contributed by atoms with Crippen molar-refractivity contribution in [3.63, 3.8) is 0 Å². The maximum atomic E-state index is 12.1. The van der Waals surface area contributed by atoms with Crippen LogP contribution >= 0.6 is 11.8 Å². The lowest BCUT2D eigenvalue weighted by molar-refractivity contribution is 0.170. The summed E-state index contributed by atoms with van der Waals surface area (Å²) in [6, 6.07) is 13.2. The van der Waals surface area contributed by atoms with Gasteiger partial charge in [-0.3, -0.25) is 0 Å². The van der Waals surface area contributed by atoms with Crippen LogP contribution in [0.15, 0.2) is 46.9 Å². The van der Waals surface area contributed by atoms with Crippen molar-refractivity contribution in [2.24, 2.45) is 0 Å². The van der Waals surface area contributed by atoms with Gasteiger partial charge in [0, 0.05) is 6.54 Å². The normalized spacial score (nSPS) is 12.7. The molecule has 0 aliphatic heterocycles. The third-order valence-electron chi connectivity index (χ3n) is 3.06. The zero-order valence-electron chi connectivity index (χ0n) is 12.0. The predicted octanol–water partition coefficient (Wildman–Crippen LogP) is 3.43. The second-order valence-electron chi connectivity index (χ2n) is 4.91. The number of alkyl halides is 2. The molecule has 0 bridgehead atoms. The van der Waals surface area contributed by atoms with Crippen LogP contribution in [0.3, 0.4) is 0 Å². The molecule has 0 saturated heterocycles. The number of aliphatic hydroxyl groups is 1. The summed E-state index contributed by atoms with van der Waals surface area (Å²) in [7, 11) is 0. The monoisotopic (exact) mass is 327 g/mol. The number of hydrogen-bond donors (Lipinski definition) is 2. The largest absolute Gasteiger partial charge is 0.464 e. The number of furan rings is 1. The van der Waals surface area contributed by atoms with E-state index in [2.05, 4.69) is 5.32 Å². The molecule has 0 aliphatic rings. The average molecular weight is 327 g/mol. The van der Waals surface area contributed by atoms with Crippen LogP contribution in [0.2, 0.25) is 0 Å². The predicted molar refractivity (Wildman–Crippen MR) is 83.9 cm³/mol. The lowest BCUT2D eigenvalue weighted by atomic mass is 10.1. The van der Waals surface area contributed by atoms with Crippen LogP contribution in [-0.2, 0) is 18.7 Å². The SMILES string of the molecule is OC(CNCc1ccc(CSC(F)F)o1)Cc1ccccc1. The Labute approximate surface area is 132 Å². The molecular weight excluding hydrogens is 308 g/mol. The molecule has 0 saturated carbocycles. The van der Waals surface area contributed by atoms with Crippen LogP contribution in [0.4, 0.5) is 8.78 Å². The molecule has 2 N–H and O–H groups in total. The molecule has 120 valence electrons. The summed E-state index contributed by atoms with van der Waals surface area (Å²) >= 11 is 0.540. The minimum atomic E-state index is -2.39. The summed E-state index contributed by atoms with van der Waals surface area (Å²) in [6.07, 6.45) is 0.105. The fourth-order valence-electron chi connectivity index (χ4n) is 2.06. The molecule has 1 unspecified atom stereocenters. The Morgan fingerprint density at radius 3 is 2.55 bits per heavy atom. The van der Waals surface area contributed by atoms with Crippen molar-refractivity contribution in [2.75, 3.05) is 6.54 Å². The lowest BCUT2D eigenvalue weighted by Crippen LogP contribution is -2.27. The van der Waals surface area contributed by atoms with Crippen molar-refractivity contribution in [3.05, 3.63) is 59.5 Å². The third-order valence-corrected chi connectivity index (χ3v) is 3.77. The number of benzene rings is 1. The first-order valence-electron chi connectivity index (χ1n) is 7.03. The Bertz CT molecular complexity index is 548. The van der Waals surface area contributed by atoms with E-state index in [-0.39, 0.29) is 5.75 Å². The van der Waals surface area contributed by atoms with Crippen molar-refractivity contribution in [3.8, 4) is 0 Å². The number of nitrogens with one attached hydrogen (secondary N) is 1. The van der Waals surface area contributed by atoms with E-state index in [1.807, 2.05) is 30.3 Å². The Hall–Kier alpha value is -1.37. The van der Waals surface area contributed by atoms with E-state index in [0.29, 0.717) is 42.8 Å². The first kappa shape index (κ1) is 17.0. The van der Waals surface area contributed by atoms with Gasteiger partial charge in [0.25, 0.3) is 5.76 Å². The summed E-state index contributed by atoms with van der Waals surface area (Å²) in [4.78, 5) is 0. The standard InChI is InChI=1S/C16H19F2NO2S/c17-16(18)22-11-15-7-6-14(21-15)10-19-9-13(20)8-12-4-2-1-3-5-12/h1-7,13,16,19-20H,8-11H2. The van der Waals surface area contributed by atoms with Gasteiger partial charge in [0.2, 0.25) is 0 Å². The molecule has 0 fully saturated rings. The molecule has 0 amide bonds. The zero-order valence-corrected chi connectivity index (χ0v) is 12.9. The van der Waals surface area contributed by atoms with Gasteiger partial charge in [-0.25, -0.2) is 0 Å². The van der Waals surface area contributed by atoms with Crippen molar-refractivity contribution in [1.82, 2.24) is 5.32 Å². The summed E-state index contributed by atoms with van der Waals surface area (Å²) < 4.78 is 29.6. The topological polar surface area (TPSA) is 45.4 Å². The first-order chi connectivity index (χ1) is 10.6. The highest BCUT2D eigenvalue weighted by Crippen LogP contribution is 2.21. The van der Waals surface area contributed by atoms with Gasteiger partial charge >= 0.3 is 0 Å². The fourth-order valence-corrected chi connectivity index (χ4v) is 2.51. The Morgan fingerprint density at radius 1 is 1.09 bits per heavy atom. The maximum Gasteiger partial charge on any atom is 0.284 e. The van der Waals surface area contributed by atoms with Crippen molar-refractivity contribution in [1.29, 1.82) is 0 Å². The third kappa shape index (κ3) is 6.17. The molecule has 1 heterocycles. The number of thioether (sulfide) groups is 1. The summed E-state index contributed by atoms with van der Waals surface area (Å²) in [6.45, 7) is 0.905. The molecule has 1 aromatic heterocycles. The van der Waals surface area contributed by atoms with Crippen LogP contribution in [0.25, 0.3) is 0 Å². The molecule has 3 nitrogen and oxygen atoms in total. The Balaban J connectivity index is 1.67. The number of aliphatic hydroxyl groups excluding tert-OH is 1. The van der Waals surface area contributed by atoms with E-state index in [1.54, 1.807) is 12.1 Å². The second-order valence-corrected chi connectivity index (χ2v) is 5.89. The smallest absolute Gasteiger partial charge is 0.284 e. The Kier molecular flexibility index (Phi) is 6.89. The minimum Gasteiger partial charge on any atom is -0.464 e. The molecule has 1 aromatic carbocycles. The van der Waals surface area contributed by atoms with E-state index in [0.717, 1.165) is 5.56 Å². The maximum absolute atomic E-state index is 12.1. The van der Waals surface area contributed by atoms with Crippen LogP contribution in [0.1, 0.15) is 17.1 Å². The quantitative estimate of drug-likeness (QED) is 0.741. The fraction of sp³-hybridized carbons (Fsp3) is 0.375. The highest BCUT2D eigenvalue weighted by Gasteiger charge is 2.08. The van der Waals surface area contributed by atoms with Crippen LogP contribution in [0, 0.1) is 0 Å². The Morgan fingerprint density at radius 2 is 1.82 bits per heavy atom. The van der Waals surface area contributed by atoms with Gasteiger partial charge in [-0.05, 0) is 24.1 Å². The molecule has 2 rings (SSSR count). The van der Waals surface area contributed by atoms with E-state index < -0.39 is 11.9 Å². The number of hydrogen-bond acceptors (Lipinski definition) is 4. The zero-order chi connectivity index (χ0) is 15.8. The van der Waals surface area contributed by atoms with Gasteiger partial charge in [0.15, 0.2) is 0 Å². The summed E-state index contributed by atoms with van der Waals surface area (Å²) in [5, 5.41) is 13.1. The molecule has 0 aliphatic carbocycles. The first-order valence-corrected chi connectivity index (χ1v) is 8.08. The summed E-state index contributed by atoms with van der Waals surface area (Å²) in [5.41, 5.74) is 1.08. The number of rotatable bonds is 9. The number of halogens is 2. The van der Waals surface area contributed by atoms with Gasteiger partial charge in [0.05, 0.1) is 18.4 Å². The van der Waals surface area contributed by atoms with E-state index >= 15 is 0 Å². The van der Waals surface area contributed by atoms with Crippen LogP contribution in [0.5, 0.6) is 0 Å².